The molecule has 4 aliphatic heterocycles. The number of carbonyl (C=O) groups excluding carboxylic acids is 5. The molecule has 20 nitrogen and oxygen atoms in total. The Morgan fingerprint density at radius 3 is 2.12 bits per heavy atom. The van der Waals surface area contributed by atoms with Crippen LogP contribution in [0, 0.1) is 29.6 Å². The lowest BCUT2D eigenvalue weighted by Gasteiger charge is -2.50. The number of methoxy groups -OCH3 is 2. The van der Waals surface area contributed by atoms with Gasteiger partial charge in [0.15, 0.2) is 30.8 Å². The molecular weight excluding hydrogens is 955 g/mol. The lowest BCUT2D eigenvalue weighted by Crippen LogP contribution is -2.65. The smallest absolute Gasteiger partial charge is 0.309 e. The fourth-order valence-electron chi connectivity index (χ4n) is 10.6. The highest BCUT2D eigenvalue weighted by Crippen LogP contribution is 2.39. The first-order valence-corrected chi connectivity index (χ1v) is 25.9. The molecule has 0 aliphatic carbocycles. The fourth-order valence-corrected chi connectivity index (χ4v) is 10.6. The minimum absolute atomic E-state index is 0.0378. The summed E-state index contributed by atoms with van der Waals surface area (Å²) in [5.41, 5.74) is -0.865. The van der Waals surface area contributed by atoms with E-state index in [4.69, 9.17) is 52.1 Å². The summed E-state index contributed by atoms with van der Waals surface area (Å²) in [6.45, 7) is 18.7. The van der Waals surface area contributed by atoms with Gasteiger partial charge >= 0.3 is 17.9 Å². The third kappa shape index (κ3) is 16.9. The second-order valence-electron chi connectivity index (χ2n) is 21.4. The third-order valence-corrected chi connectivity index (χ3v) is 14.5. The molecule has 1 unspecified atom stereocenters. The number of carbonyl (C=O) groups is 5. The van der Waals surface area contributed by atoms with Crippen LogP contribution in [-0.4, -0.2) is 189 Å². The molecule has 0 aromatic carbocycles. The van der Waals surface area contributed by atoms with E-state index >= 15 is 0 Å². The van der Waals surface area contributed by atoms with E-state index in [0.717, 1.165) is 0 Å². The fraction of sp³-hybridized carbons (Fsp3) is 0.830. The molecule has 73 heavy (non-hydrogen) atoms. The maximum Gasteiger partial charge on any atom is 0.309 e. The quantitative estimate of drug-likeness (QED) is 0.106. The van der Waals surface area contributed by atoms with Gasteiger partial charge in [-0.3, -0.25) is 19.2 Å². The normalized spacial score (nSPS) is 41.6. The molecule has 0 radical (unpaired) electrons. The number of nitrogens with zero attached hydrogens (tertiary/aromatic N) is 1. The van der Waals surface area contributed by atoms with Crippen molar-refractivity contribution in [2.75, 3.05) is 34.9 Å². The van der Waals surface area contributed by atoms with Crippen molar-refractivity contribution in [3.8, 4) is 0 Å². The van der Waals surface area contributed by atoms with Gasteiger partial charge in [0.2, 0.25) is 0 Å². The Labute approximate surface area is 432 Å². The van der Waals surface area contributed by atoms with Crippen molar-refractivity contribution in [2.24, 2.45) is 29.6 Å². The van der Waals surface area contributed by atoms with Crippen LogP contribution in [0.2, 0.25) is 0 Å². The highest BCUT2D eigenvalue weighted by atomic mass is 16.7. The van der Waals surface area contributed by atoms with E-state index in [1.807, 2.05) is 26.8 Å². The molecule has 0 spiro atoms. The van der Waals surface area contributed by atoms with Gasteiger partial charge in [-0.05, 0) is 79.5 Å². The topological polar surface area (TPSA) is 251 Å². The number of ketones is 1. The molecule has 3 saturated heterocycles. The first-order chi connectivity index (χ1) is 34.3. The zero-order valence-corrected chi connectivity index (χ0v) is 45.7. The SMILES string of the molecule is CC[C@H]1OC(=O)C[C@@H](OC(C)=O)C(C)[C@@H](O[C@@H]2O[C@H](C)[C@@H](O[C@H]3C[C@@](C)(O)[C@@H](OC(=O)CC(C)C)[C@H](C)O3)[C@H](N(C)C)[C@H]2O)[C@@H](CC=O)C[C@@H](C)C(=O)/C=C/C(C)=C/[C@@H]1CO[C@@H]1O[C@H](C)[C@@H](O)[C@@H](OC)[C@H]1OC. The Kier molecular flexibility index (Phi) is 24.1. The Balaban J connectivity index is 1.66. The molecule has 4 heterocycles. The summed E-state index contributed by atoms with van der Waals surface area (Å²) < 4.78 is 67.2. The summed E-state index contributed by atoms with van der Waals surface area (Å²) in [6, 6.07) is -0.809. The summed E-state index contributed by atoms with van der Waals surface area (Å²) in [5.74, 6) is -4.87. The number of hydrogen-bond acceptors (Lipinski definition) is 20. The predicted octanol–water partition coefficient (Wildman–Crippen LogP) is 4.00. The van der Waals surface area contributed by atoms with Gasteiger partial charge in [0, 0.05) is 58.2 Å². The molecule has 0 saturated carbocycles. The van der Waals surface area contributed by atoms with E-state index in [2.05, 4.69) is 0 Å². The second kappa shape index (κ2) is 28.2. The highest BCUT2D eigenvalue weighted by Gasteiger charge is 2.53. The van der Waals surface area contributed by atoms with Crippen molar-refractivity contribution in [3.63, 3.8) is 0 Å². The maximum atomic E-state index is 14.2. The molecule has 0 aromatic heterocycles. The molecule has 21 atom stereocenters. The van der Waals surface area contributed by atoms with Crippen molar-refractivity contribution >= 4 is 30.0 Å². The second-order valence-corrected chi connectivity index (χ2v) is 21.4. The minimum Gasteiger partial charge on any atom is -0.462 e. The molecule has 3 N–H and O–H groups in total. The Morgan fingerprint density at radius 2 is 1.55 bits per heavy atom. The largest absolute Gasteiger partial charge is 0.462 e. The maximum absolute atomic E-state index is 14.2. The summed E-state index contributed by atoms with van der Waals surface area (Å²) in [6.07, 6.45) is -8.67. The number of rotatable bonds is 17. The van der Waals surface area contributed by atoms with Crippen molar-refractivity contribution < 1.29 is 91.4 Å². The van der Waals surface area contributed by atoms with Gasteiger partial charge in [-0.2, -0.15) is 0 Å². The van der Waals surface area contributed by atoms with Crippen molar-refractivity contribution in [3.05, 3.63) is 23.8 Å². The lowest BCUT2D eigenvalue weighted by molar-refractivity contribution is -0.342. The van der Waals surface area contributed by atoms with Gasteiger partial charge in [0.25, 0.3) is 0 Å². The zero-order chi connectivity index (χ0) is 54.6. The van der Waals surface area contributed by atoms with Gasteiger partial charge in [-0.25, -0.2) is 0 Å². The van der Waals surface area contributed by atoms with E-state index in [9.17, 15) is 39.3 Å². The predicted molar refractivity (Wildman–Crippen MR) is 263 cm³/mol. The van der Waals surface area contributed by atoms with Gasteiger partial charge < -0.3 is 77.1 Å². The van der Waals surface area contributed by atoms with E-state index in [1.54, 1.807) is 73.5 Å². The summed E-state index contributed by atoms with van der Waals surface area (Å²) >= 11 is 0. The lowest BCUT2D eigenvalue weighted by atomic mass is 9.79. The van der Waals surface area contributed by atoms with Crippen LogP contribution < -0.4 is 0 Å². The van der Waals surface area contributed by atoms with Crippen LogP contribution >= 0.6 is 0 Å². The number of aliphatic hydroxyl groups is 3. The highest BCUT2D eigenvalue weighted by molar-refractivity contribution is 5.91. The minimum atomic E-state index is -1.53. The van der Waals surface area contributed by atoms with E-state index in [1.165, 1.54) is 27.2 Å². The molecule has 3 fully saturated rings. The van der Waals surface area contributed by atoms with Gasteiger partial charge in [-0.15, -0.1) is 0 Å². The van der Waals surface area contributed by atoms with Crippen LogP contribution in [0.25, 0.3) is 0 Å². The van der Waals surface area contributed by atoms with Crippen molar-refractivity contribution in [1.29, 1.82) is 0 Å². The van der Waals surface area contributed by atoms with Crippen LogP contribution in [0.15, 0.2) is 23.8 Å². The van der Waals surface area contributed by atoms with Gasteiger partial charge in [0.1, 0.15) is 54.6 Å². The van der Waals surface area contributed by atoms with Crippen molar-refractivity contribution in [1.82, 2.24) is 4.90 Å². The van der Waals surface area contributed by atoms with Crippen LogP contribution in [-0.2, 0) is 76.1 Å². The van der Waals surface area contributed by atoms with E-state index in [-0.39, 0.29) is 44.0 Å². The summed E-state index contributed by atoms with van der Waals surface area (Å²) in [4.78, 5) is 67.9. The number of hydrogen-bond donors (Lipinski definition) is 3. The molecule has 0 aromatic rings. The molecule has 0 bridgehead atoms. The number of allylic oxidation sites excluding steroid dienone is 3. The van der Waals surface area contributed by atoms with Gasteiger partial charge in [-0.1, -0.05) is 52.3 Å². The van der Waals surface area contributed by atoms with Crippen LogP contribution in [0.3, 0.4) is 0 Å². The first-order valence-electron chi connectivity index (χ1n) is 25.9. The molecular formula is C53H87NO19. The van der Waals surface area contributed by atoms with E-state index < -0.39 is 152 Å². The number of cyclic esters (lactones) is 1. The molecule has 4 aliphatic rings. The van der Waals surface area contributed by atoms with E-state index in [0.29, 0.717) is 18.3 Å². The zero-order valence-electron chi connectivity index (χ0n) is 45.7. The number of esters is 3. The Hall–Kier alpha value is -3.25. The number of aldehydes is 1. The number of likely N-dealkylation sites (N-methyl/N-ethyl adjacent to an activating group) is 1. The molecule has 4 rings (SSSR count). The molecule has 418 valence electrons. The standard InChI is InChI=1S/C53H87NO19/c1-16-38-36(26-65-52-49(64-15)48(63-14)44(60)31(7)67-52)22-28(4)17-18-37(57)29(5)23-35(19-20-55)46(30(6)39(69-34(10)56)24-41(59)70-38)73-51-45(61)43(54(12)13)47(32(8)68-51)72-42-25-53(11,62)50(33(9)66-42)71-40(58)21-27(2)3/h17-18,20,22,27,29-33,35-36,38-39,42-52,60-62H,16,19,21,23-26H2,1-15H3/b18-17+,28-22+/t29-,30?,31-,32-,33+,35+,36-,38-,39-,42+,43-,44-,45-,46-,47-,48-,49-,50+,51+,52-,53-/m1/s1. The average Bonchev–Trinajstić information content (AvgIpc) is 3.29. The number of ether oxygens (including phenoxy) is 11. The molecule has 0 amide bonds. The third-order valence-electron chi connectivity index (χ3n) is 14.5. The summed E-state index contributed by atoms with van der Waals surface area (Å²) in [5, 5.41) is 34.6. The summed E-state index contributed by atoms with van der Waals surface area (Å²) in [7, 11) is 6.41. The Morgan fingerprint density at radius 1 is 0.890 bits per heavy atom. The van der Waals surface area contributed by atoms with Crippen LogP contribution in [0.5, 0.6) is 0 Å². The van der Waals surface area contributed by atoms with Crippen LogP contribution in [0.4, 0.5) is 0 Å². The average molecular weight is 1040 g/mol. The van der Waals surface area contributed by atoms with Crippen molar-refractivity contribution in [2.45, 2.75) is 218 Å². The molecule has 20 heteroatoms. The Bertz CT molecular complexity index is 1860. The number of aliphatic hydroxyl groups excluding tert-OH is 2. The first kappa shape index (κ1) is 62.3. The monoisotopic (exact) mass is 1040 g/mol. The van der Waals surface area contributed by atoms with Gasteiger partial charge in [0.05, 0.1) is 43.5 Å². The van der Waals surface area contributed by atoms with Crippen LogP contribution in [0.1, 0.15) is 115 Å².